The quantitative estimate of drug-likeness (QED) is 0.646. The van der Waals surface area contributed by atoms with Crippen molar-refractivity contribution in [2.75, 3.05) is 7.11 Å². The van der Waals surface area contributed by atoms with Gasteiger partial charge in [0.2, 0.25) is 0 Å². The maximum atomic E-state index is 4.99. The first-order valence-corrected chi connectivity index (χ1v) is 3.74. The first kappa shape index (κ1) is 8.05. The fourth-order valence-corrected chi connectivity index (χ4v) is 0.854. The molecule has 0 saturated carbocycles. The van der Waals surface area contributed by atoms with Gasteiger partial charge in [-0.05, 0) is 18.1 Å². The lowest BCUT2D eigenvalue weighted by atomic mass is 10.1. The van der Waals surface area contributed by atoms with Gasteiger partial charge in [0.25, 0.3) is 0 Å². The highest BCUT2D eigenvalue weighted by Crippen LogP contribution is 2.14. The smallest absolute Gasteiger partial charge is 0.137 e. The van der Waals surface area contributed by atoms with E-state index in [0.717, 1.165) is 11.4 Å². The average Bonchev–Trinajstić information content (AvgIpc) is 2.05. The molecule has 0 atom stereocenters. The standard InChI is InChI=1S/C9H13NO/c1-7(2)9-5-4-8(11-3)6-10-9/h4-7H,1-3H3. The zero-order valence-electron chi connectivity index (χ0n) is 7.16. The topological polar surface area (TPSA) is 22.1 Å². The van der Waals surface area contributed by atoms with Gasteiger partial charge < -0.3 is 4.74 Å². The molecule has 0 aliphatic heterocycles. The summed E-state index contributed by atoms with van der Waals surface area (Å²) in [4.78, 5) is 4.22. The van der Waals surface area contributed by atoms with Crippen LogP contribution in [0.15, 0.2) is 18.3 Å². The molecule has 0 radical (unpaired) electrons. The van der Waals surface area contributed by atoms with E-state index in [-0.39, 0.29) is 0 Å². The van der Waals surface area contributed by atoms with Crippen molar-refractivity contribution in [3.63, 3.8) is 0 Å². The number of nitrogens with zero attached hydrogens (tertiary/aromatic N) is 1. The maximum absolute atomic E-state index is 4.99. The molecule has 0 amide bonds. The molecule has 2 heteroatoms. The Morgan fingerprint density at radius 3 is 2.45 bits per heavy atom. The van der Waals surface area contributed by atoms with Crippen molar-refractivity contribution in [3.05, 3.63) is 24.0 Å². The number of rotatable bonds is 2. The number of aromatic nitrogens is 1. The molecule has 2 nitrogen and oxygen atoms in total. The van der Waals surface area contributed by atoms with E-state index in [1.807, 2.05) is 12.1 Å². The van der Waals surface area contributed by atoms with Gasteiger partial charge in [0, 0.05) is 5.69 Å². The predicted octanol–water partition coefficient (Wildman–Crippen LogP) is 2.21. The number of pyridine rings is 1. The van der Waals surface area contributed by atoms with Gasteiger partial charge in [0.15, 0.2) is 0 Å². The summed E-state index contributed by atoms with van der Waals surface area (Å²) < 4.78 is 4.99. The van der Waals surface area contributed by atoms with Gasteiger partial charge in [0.1, 0.15) is 5.75 Å². The highest BCUT2D eigenvalue weighted by molar-refractivity contribution is 5.20. The molecule has 0 N–H and O–H groups in total. The molecule has 1 aromatic rings. The summed E-state index contributed by atoms with van der Waals surface area (Å²) >= 11 is 0. The molecule has 1 aromatic heterocycles. The molecular formula is C9H13NO. The molecule has 0 aliphatic carbocycles. The van der Waals surface area contributed by atoms with Gasteiger partial charge in [-0.1, -0.05) is 13.8 Å². The van der Waals surface area contributed by atoms with Crippen molar-refractivity contribution in [1.82, 2.24) is 4.98 Å². The molecule has 60 valence electrons. The predicted molar refractivity (Wildman–Crippen MR) is 44.9 cm³/mol. The van der Waals surface area contributed by atoms with E-state index in [9.17, 15) is 0 Å². The highest BCUT2D eigenvalue weighted by Gasteiger charge is 1.99. The van der Waals surface area contributed by atoms with Crippen LogP contribution in [0.4, 0.5) is 0 Å². The van der Waals surface area contributed by atoms with E-state index in [1.54, 1.807) is 13.3 Å². The Labute approximate surface area is 67.2 Å². The highest BCUT2D eigenvalue weighted by atomic mass is 16.5. The summed E-state index contributed by atoms with van der Waals surface area (Å²) in [5.74, 6) is 1.30. The van der Waals surface area contributed by atoms with Crippen LogP contribution in [-0.4, -0.2) is 12.1 Å². The average molecular weight is 151 g/mol. The first-order chi connectivity index (χ1) is 5.24. The van der Waals surface area contributed by atoms with Crippen LogP contribution < -0.4 is 4.74 Å². The molecule has 1 rings (SSSR count). The Hall–Kier alpha value is -1.05. The fourth-order valence-electron chi connectivity index (χ4n) is 0.854. The Morgan fingerprint density at radius 2 is 2.09 bits per heavy atom. The van der Waals surface area contributed by atoms with Crippen molar-refractivity contribution in [2.24, 2.45) is 0 Å². The summed E-state index contributed by atoms with van der Waals surface area (Å²) in [6, 6.07) is 3.92. The van der Waals surface area contributed by atoms with E-state index in [0.29, 0.717) is 5.92 Å². The number of hydrogen-bond acceptors (Lipinski definition) is 2. The van der Waals surface area contributed by atoms with E-state index in [4.69, 9.17) is 4.74 Å². The van der Waals surface area contributed by atoms with Crippen molar-refractivity contribution in [3.8, 4) is 5.75 Å². The summed E-state index contributed by atoms with van der Waals surface area (Å²) in [6.45, 7) is 4.24. The van der Waals surface area contributed by atoms with Gasteiger partial charge in [-0.25, -0.2) is 0 Å². The second-order valence-electron chi connectivity index (χ2n) is 2.78. The van der Waals surface area contributed by atoms with E-state index in [2.05, 4.69) is 18.8 Å². The van der Waals surface area contributed by atoms with Crippen LogP contribution in [-0.2, 0) is 0 Å². The van der Waals surface area contributed by atoms with Crippen molar-refractivity contribution in [2.45, 2.75) is 19.8 Å². The third kappa shape index (κ3) is 1.93. The lowest BCUT2D eigenvalue weighted by Gasteiger charge is -2.04. The van der Waals surface area contributed by atoms with Gasteiger partial charge in [-0.15, -0.1) is 0 Å². The second-order valence-corrected chi connectivity index (χ2v) is 2.78. The Kier molecular flexibility index (Phi) is 2.47. The fraction of sp³-hybridized carbons (Fsp3) is 0.444. The Bertz CT molecular complexity index is 216. The normalized spacial score (nSPS) is 10.2. The minimum absolute atomic E-state index is 0.487. The van der Waals surface area contributed by atoms with Gasteiger partial charge in [0.05, 0.1) is 13.3 Å². The molecule has 0 bridgehead atoms. The molecule has 0 fully saturated rings. The molecule has 0 aromatic carbocycles. The van der Waals surface area contributed by atoms with Crippen LogP contribution in [0.5, 0.6) is 5.75 Å². The van der Waals surface area contributed by atoms with Crippen molar-refractivity contribution in [1.29, 1.82) is 0 Å². The summed E-state index contributed by atoms with van der Waals surface area (Å²) in [7, 11) is 1.64. The van der Waals surface area contributed by atoms with Gasteiger partial charge >= 0.3 is 0 Å². The third-order valence-electron chi connectivity index (χ3n) is 1.59. The number of ether oxygens (including phenoxy) is 1. The maximum Gasteiger partial charge on any atom is 0.137 e. The molecule has 0 saturated heterocycles. The van der Waals surface area contributed by atoms with Crippen LogP contribution in [0, 0.1) is 0 Å². The van der Waals surface area contributed by atoms with Crippen LogP contribution in [0.1, 0.15) is 25.5 Å². The van der Waals surface area contributed by atoms with Crippen LogP contribution in [0.3, 0.4) is 0 Å². The molecule has 11 heavy (non-hydrogen) atoms. The summed E-state index contributed by atoms with van der Waals surface area (Å²) in [5, 5.41) is 0. The summed E-state index contributed by atoms with van der Waals surface area (Å²) in [6.07, 6.45) is 1.75. The van der Waals surface area contributed by atoms with Crippen LogP contribution in [0.2, 0.25) is 0 Å². The summed E-state index contributed by atoms with van der Waals surface area (Å²) in [5.41, 5.74) is 1.10. The molecule has 0 unspecified atom stereocenters. The minimum atomic E-state index is 0.487. The molecule has 0 aliphatic rings. The van der Waals surface area contributed by atoms with Crippen molar-refractivity contribution >= 4 is 0 Å². The number of methoxy groups -OCH3 is 1. The lowest BCUT2D eigenvalue weighted by Crippen LogP contribution is -1.92. The first-order valence-electron chi connectivity index (χ1n) is 3.74. The van der Waals surface area contributed by atoms with Crippen LogP contribution >= 0.6 is 0 Å². The van der Waals surface area contributed by atoms with Gasteiger partial charge in [-0.3, -0.25) is 4.98 Å². The molecule has 0 spiro atoms. The largest absolute Gasteiger partial charge is 0.495 e. The third-order valence-corrected chi connectivity index (χ3v) is 1.59. The van der Waals surface area contributed by atoms with E-state index >= 15 is 0 Å². The SMILES string of the molecule is COc1ccc(C(C)C)nc1. The monoisotopic (exact) mass is 151 g/mol. The Morgan fingerprint density at radius 1 is 1.36 bits per heavy atom. The van der Waals surface area contributed by atoms with E-state index < -0.39 is 0 Å². The number of hydrogen-bond donors (Lipinski definition) is 0. The van der Waals surface area contributed by atoms with Crippen LogP contribution in [0.25, 0.3) is 0 Å². The lowest BCUT2D eigenvalue weighted by molar-refractivity contribution is 0.412. The second kappa shape index (κ2) is 3.37. The minimum Gasteiger partial charge on any atom is -0.495 e. The Balaban J connectivity index is 2.83. The zero-order valence-corrected chi connectivity index (χ0v) is 7.16. The van der Waals surface area contributed by atoms with Crippen molar-refractivity contribution < 1.29 is 4.74 Å². The molecule has 1 heterocycles. The molecular weight excluding hydrogens is 138 g/mol. The van der Waals surface area contributed by atoms with Gasteiger partial charge in [-0.2, -0.15) is 0 Å². The van der Waals surface area contributed by atoms with E-state index in [1.165, 1.54) is 0 Å². The zero-order chi connectivity index (χ0) is 8.27.